The topological polar surface area (TPSA) is 84.8 Å². The number of aliphatic hydroxyl groups excluding tert-OH is 1. The normalized spacial score (nSPS) is 26.4. The molecule has 0 radical (unpaired) electrons. The van der Waals surface area contributed by atoms with Gasteiger partial charge in [-0.1, -0.05) is 6.07 Å². The number of hydrogen-bond donors (Lipinski definition) is 2. The van der Waals surface area contributed by atoms with Gasteiger partial charge >= 0.3 is 6.03 Å². The SMILES string of the molecule is CN(CCO)c1ncc(N2C[C@]3(CC[C@@](c4cccs4)(N(C)C)CC3)NC2=O)cn1. The van der Waals surface area contributed by atoms with Gasteiger partial charge in [0.25, 0.3) is 0 Å². The maximum Gasteiger partial charge on any atom is 0.322 e. The summed E-state index contributed by atoms with van der Waals surface area (Å²) in [6.07, 6.45) is 7.26. The summed E-state index contributed by atoms with van der Waals surface area (Å²) in [5.41, 5.74) is 0.535. The number of amides is 2. The summed E-state index contributed by atoms with van der Waals surface area (Å²) in [5, 5.41) is 14.5. The Hall–Kier alpha value is -2.23. The molecule has 2 amide bonds. The molecular formula is C21H30N6O2S. The van der Waals surface area contributed by atoms with Gasteiger partial charge in [-0.25, -0.2) is 14.8 Å². The van der Waals surface area contributed by atoms with Crippen molar-refractivity contribution in [1.82, 2.24) is 20.2 Å². The molecule has 4 rings (SSSR count). The molecular weight excluding hydrogens is 400 g/mol. The highest BCUT2D eigenvalue weighted by Crippen LogP contribution is 2.47. The van der Waals surface area contributed by atoms with E-state index < -0.39 is 0 Å². The van der Waals surface area contributed by atoms with Crippen LogP contribution < -0.4 is 15.1 Å². The fraction of sp³-hybridized carbons (Fsp3) is 0.571. The van der Waals surface area contributed by atoms with E-state index in [2.05, 4.69) is 51.8 Å². The van der Waals surface area contributed by atoms with Crippen LogP contribution in [0.2, 0.25) is 0 Å². The number of aliphatic hydroxyl groups is 1. The van der Waals surface area contributed by atoms with Crippen LogP contribution in [-0.4, -0.2) is 72.4 Å². The van der Waals surface area contributed by atoms with Crippen molar-refractivity contribution in [3.05, 3.63) is 34.8 Å². The molecule has 3 heterocycles. The predicted molar refractivity (Wildman–Crippen MR) is 119 cm³/mol. The summed E-state index contributed by atoms with van der Waals surface area (Å²) in [5.74, 6) is 0.534. The van der Waals surface area contributed by atoms with Crippen molar-refractivity contribution in [2.75, 3.05) is 50.6 Å². The number of carbonyl (C=O) groups excluding carboxylic acids is 1. The molecule has 1 saturated heterocycles. The average molecular weight is 431 g/mol. The van der Waals surface area contributed by atoms with Crippen molar-refractivity contribution in [2.24, 2.45) is 0 Å². The minimum absolute atomic E-state index is 0.0403. The van der Waals surface area contributed by atoms with Gasteiger partial charge in [0.1, 0.15) is 0 Å². The van der Waals surface area contributed by atoms with Crippen molar-refractivity contribution >= 4 is 29.0 Å². The molecule has 0 aromatic carbocycles. The largest absolute Gasteiger partial charge is 0.395 e. The molecule has 8 nitrogen and oxygen atoms in total. The van der Waals surface area contributed by atoms with Crippen LogP contribution in [0.4, 0.5) is 16.4 Å². The van der Waals surface area contributed by atoms with E-state index in [1.807, 2.05) is 18.4 Å². The third kappa shape index (κ3) is 3.66. The van der Waals surface area contributed by atoms with Crippen LogP contribution in [0.5, 0.6) is 0 Å². The summed E-state index contributed by atoms with van der Waals surface area (Å²) in [7, 11) is 6.14. The highest BCUT2D eigenvalue weighted by molar-refractivity contribution is 7.10. The quantitative estimate of drug-likeness (QED) is 0.731. The number of urea groups is 1. The third-order valence-electron chi connectivity index (χ3n) is 6.66. The van der Waals surface area contributed by atoms with Crippen LogP contribution in [-0.2, 0) is 5.54 Å². The molecule has 1 spiro atoms. The summed E-state index contributed by atoms with van der Waals surface area (Å²) in [6.45, 7) is 1.14. The molecule has 2 N–H and O–H groups in total. The monoisotopic (exact) mass is 430 g/mol. The molecule has 2 fully saturated rings. The zero-order valence-corrected chi connectivity index (χ0v) is 18.7. The predicted octanol–water partition coefficient (Wildman–Crippen LogP) is 2.27. The van der Waals surface area contributed by atoms with Crippen LogP contribution >= 0.6 is 11.3 Å². The second-order valence-electron chi connectivity index (χ2n) is 8.59. The standard InChI is InChI=1S/C21H30N6O2S/c1-25(2)21(17-5-4-12-30-17)8-6-20(7-9-21)15-27(19(29)24-20)16-13-22-18(23-14-16)26(3)10-11-28/h4-5,12-14,28H,6-11,15H2,1-3H3,(H,24,29)/t20-,21-. The molecule has 0 unspecified atom stereocenters. The molecule has 2 aromatic heterocycles. The van der Waals surface area contributed by atoms with E-state index in [1.54, 1.807) is 22.2 Å². The molecule has 0 atom stereocenters. The number of rotatable bonds is 6. The lowest BCUT2D eigenvalue weighted by Gasteiger charge is -2.47. The van der Waals surface area contributed by atoms with E-state index in [0.29, 0.717) is 24.7 Å². The second-order valence-corrected chi connectivity index (χ2v) is 9.53. The van der Waals surface area contributed by atoms with E-state index >= 15 is 0 Å². The highest BCUT2D eigenvalue weighted by atomic mass is 32.1. The van der Waals surface area contributed by atoms with Crippen molar-refractivity contribution in [3.8, 4) is 0 Å². The first-order valence-electron chi connectivity index (χ1n) is 10.3. The summed E-state index contributed by atoms with van der Waals surface area (Å²) >= 11 is 1.82. The van der Waals surface area contributed by atoms with E-state index in [1.165, 1.54) is 4.88 Å². The summed E-state index contributed by atoms with van der Waals surface area (Å²) in [6, 6.07) is 4.27. The van der Waals surface area contributed by atoms with Gasteiger partial charge in [-0.2, -0.15) is 0 Å². The first-order chi connectivity index (χ1) is 14.4. The van der Waals surface area contributed by atoms with E-state index in [0.717, 1.165) is 25.7 Å². The Balaban J connectivity index is 1.48. The van der Waals surface area contributed by atoms with Gasteiger partial charge in [0.15, 0.2) is 0 Å². The Labute approximate surface area is 181 Å². The van der Waals surface area contributed by atoms with Crippen LogP contribution in [0.3, 0.4) is 0 Å². The lowest BCUT2D eigenvalue weighted by atomic mass is 9.71. The van der Waals surface area contributed by atoms with Crippen LogP contribution in [0, 0.1) is 0 Å². The molecule has 2 aliphatic rings. The zero-order valence-electron chi connectivity index (χ0n) is 17.8. The Morgan fingerprint density at radius 2 is 1.90 bits per heavy atom. The molecule has 2 aromatic rings. The third-order valence-corrected chi connectivity index (χ3v) is 7.72. The summed E-state index contributed by atoms with van der Waals surface area (Å²) in [4.78, 5) is 28.8. The van der Waals surface area contributed by atoms with Gasteiger partial charge in [0, 0.05) is 18.5 Å². The molecule has 30 heavy (non-hydrogen) atoms. The maximum atomic E-state index is 12.8. The first kappa shape index (κ1) is 21.0. The van der Waals surface area contributed by atoms with Crippen molar-refractivity contribution in [3.63, 3.8) is 0 Å². The number of nitrogens with zero attached hydrogens (tertiary/aromatic N) is 5. The lowest BCUT2D eigenvalue weighted by Crippen LogP contribution is -2.53. The number of nitrogens with one attached hydrogen (secondary N) is 1. The first-order valence-corrected chi connectivity index (χ1v) is 11.2. The van der Waals surface area contributed by atoms with Crippen LogP contribution in [0.1, 0.15) is 30.6 Å². The second kappa shape index (κ2) is 8.13. The minimum atomic E-state index is -0.208. The number of thiophene rings is 1. The highest BCUT2D eigenvalue weighted by Gasteiger charge is 2.50. The van der Waals surface area contributed by atoms with Gasteiger partial charge in [-0.05, 0) is 51.2 Å². The fourth-order valence-electron chi connectivity index (χ4n) is 4.70. The van der Waals surface area contributed by atoms with Crippen molar-refractivity contribution in [1.29, 1.82) is 0 Å². The maximum absolute atomic E-state index is 12.8. The van der Waals surface area contributed by atoms with Gasteiger partial charge in [0.2, 0.25) is 5.95 Å². The Morgan fingerprint density at radius 1 is 1.20 bits per heavy atom. The smallest absolute Gasteiger partial charge is 0.322 e. The lowest BCUT2D eigenvalue weighted by molar-refractivity contribution is 0.0689. The number of anilines is 2. The van der Waals surface area contributed by atoms with Gasteiger partial charge < -0.3 is 15.3 Å². The Bertz CT molecular complexity index is 862. The summed E-state index contributed by atoms with van der Waals surface area (Å²) < 4.78 is 0. The van der Waals surface area contributed by atoms with Crippen LogP contribution in [0.25, 0.3) is 0 Å². The van der Waals surface area contributed by atoms with E-state index in [-0.39, 0.29) is 23.7 Å². The van der Waals surface area contributed by atoms with Gasteiger partial charge in [0.05, 0.1) is 42.3 Å². The molecule has 1 aliphatic heterocycles. The van der Waals surface area contributed by atoms with Crippen molar-refractivity contribution < 1.29 is 9.90 Å². The number of carbonyl (C=O) groups is 1. The molecule has 9 heteroatoms. The van der Waals surface area contributed by atoms with Crippen LogP contribution in [0.15, 0.2) is 29.9 Å². The Morgan fingerprint density at radius 3 is 2.47 bits per heavy atom. The number of likely N-dealkylation sites (N-methyl/N-ethyl adjacent to an activating group) is 1. The Kier molecular flexibility index (Phi) is 5.69. The molecule has 1 aliphatic carbocycles. The molecule has 162 valence electrons. The molecule has 0 bridgehead atoms. The zero-order chi connectivity index (χ0) is 21.4. The molecule has 1 saturated carbocycles. The minimum Gasteiger partial charge on any atom is -0.395 e. The van der Waals surface area contributed by atoms with E-state index in [4.69, 9.17) is 5.11 Å². The number of aromatic nitrogens is 2. The van der Waals surface area contributed by atoms with E-state index in [9.17, 15) is 4.79 Å². The fourth-order valence-corrected chi connectivity index (χ4v) is 5.77. The van der Waals surface area contributed by atoms with Gasteiger partial charge in [-0.3, -0.25) is 9.80 Å². The van der Waals surface area contributed by atoms with Gasteiger partial charge in [-0.15, -0.1) is 11.3 Å². The average Bonchev–Trinajstić information content (AvgIpc) is 3.38. The van der Waals surface area contributed by atoms with Crippen molar-refractivity contribution in [2.45, 2.75) is 36.8 Å². The number of hydrogen-bond acceptors (Lipinski definition) is 7.